The highest BCUT2D eigenvalue weighted by Gasteiger charge is 2.33. The second kappa shape index (κ2) is 6.03. The molecule has 1 aromatic rings. The van der Waals surface area contributed by atoms with Crippen molar-refractivity contribution in [1.29, 1.82) is 0 Å². The molecule has 1 saturated heterocycles. The van der Waals surface area contributed by atoms with Crippen LogP contribution in [0.4, 0.5) is 0 Å². The molecular weight excluding hydrogens is 292 g/mol. The maximum Gasteiger partial charge on any atom is 0.240 e. The lowest BCUT2D eigenvalue weighted by molar-refractivity contribution is -0.129. The molecule has 0 saturated carbocycles. The van der Waals surface area contributed by atoms with Gasteiger partial charge in [0.15, 0.2) is 0 Å². The van der Waals surface area contributed by atoms with Crippen LogP contribution in [0.2, 0.25) is 0 Å². The number of carbonyl (C=O) groups is 1. The molecule has 1 aromatic carbocycles. The number of sulfonamides is 1. The van der Waals surface area contributed by atoms with Crippen LogP contribution in [0.25, 0.3) is 0 Å². The lowest BCUT2D eigenvalue weighted by atomic mass is 10.3. The molecule has 1 fully saturated rings. The smallest absolute Gasteiger partial charge is 0.240 e. The minimum Gasteiger partial charge on any atom is -0.497 e. The van der Waals surface area contributed by atoms with E-state index < -0.39 is 10.0 Å². The monoisotopic (exact) mass is 312 g/mol. The molecule has 0 radical (unpaired) electrons. The summed E-state index contributed by atoms with van der Waals surface area (Å²) < 4.78 is 32.2. The van der Waals surface area contributed by atoms with Crippen LogP contribution < -0.4 is 9.46 Å². The normalized spacial score (nSPS) is 19.3. The Morgan fingerprint density at radius 2 is 1.90 bits per heavy atom. The van der Waals surface area contributed by atoms with Gasteiger partial charge in [0.05, 0.1) is 12.0 Å². The Morgan fingerprint density at radius 3 is 2.38 bits per heavy atom. The lowest BCUT2D eigenvalue weighted by Crippen LogP contribution is -2.38. The molecule has 6 nitrogen and oxygen atoms in total. The van der Waals surface area contributed by atoms with Gasteiger partial charge in [-0.05, 0) is 38.1 Å². The number of ether oxygens (including phenoxy) is 1. The molecule has 1 aliphatic rings. The van der Waals surface area contributed by atoms with Gasteiger partial charge >= 0.3 is 0 Å². The molecule has 1 N–H and O–H groups in total. The molecule has 1 unspecified atom stereocenters. The minimum absolute atomic E-state index is 0.0209. The van der Waals surface area contributed by atoms with E-state index in [1.54, 1.807) is 17.0 Å². The van der Waals surface area contributed by atoms with Crippen molar-refractivity contribution in [3.63, 3.8) is 0 Å². The maximum absolute atomic E-state index is 12.3. The molecule has 116 valence electrons. The third kappa shape index (κ3) is 3.54. The standard InChI is InChI=1S/C14H20N2O4S/c1-10(2)16-9-11(8-14(16)17)15-21(18,19)13-6-4-12(20-3)5-7-13/h4-7,10-11,15H,8-9H2,1-3H3. The number of nitrogens with one attached hydrogen (secondary N) is 1. The highest BCUT2D eigenvalue weighted by molar-refractivity contribution is 7.89. The number of hydrogen-bond donors (Lipinski definition) is 1. The first kappa shape index (κ1) is 15.8. The van der Waals surface area contributed by atoms with Crippen LogP contribution in [-0.2, 0) is 14.8 Å². The van der Waals surface area contributed by atoms with Gasteiger partial charge in [0, 0.05) is 25.0 Å². The summed E-state index contributed by atoms with van der Waals surface area (Å²) in [5.41, 5.74) is 0. The lowest BCUT2D eigenvalue weighted by Gasteiger charge is -2.21. The van der Waals surface area contributed by atoms with E-state index in [-0.39, 0.29) is 29.3 Å². The Morgan fingerprint density at radius 1 is 1.29 bits per heavy atom. The largest absolute Gasteiger partial charge is 0.497 e. The quantitative estimate of drug-likeness (QED) is 0.879. The second-order valence-corrected chi connectivity index (χ2v) is 7.05. The number of benzene rings is 1. The zero-order valence-corrected chi connectivity index (χ0v) is 13.2. The molecular formula is C14H20N2O4S. The Labute approximate surface area is 125 Å². The van der Waals surface area contributed by atoms with Crippen molar-refractivity contribution in [1.82, 2.24) is 9.62 Å². The van der Waals surface area contributed by atoms with E-state index in [1.807, 2.05) is 13.8 Å². The van der Waals surface area contributed by atoms with Gasteiger partial charge in [0.2, 0.25) is 15.9 Å². The number of nitrogens with zero attached hydrogens (tertiary/aromatic N) is 1. The number of likely N-dealkylation sites (tertiary alicyclic amines) is 1. The van der Waals surface area contributed by atoms with Crippen molar-refractivity contribution in [2.75, 3.05) is 13.7 Å². The van der Waals surface area contributed by atoms with Crippen LogP contribution in [0.1, 0.15) is 20.3 Å². The van der Waals surface area contributed by atoms with E-state index >= 15 is 0 Å². The zero-order chi connectivity index (χ0) is 15.6. The first-order valence-electron chi connectivity index (χ1n) is 6.79. The van der Waals surface area contributed by atoms with E-state index in [9.17, 15) is 13.2 Å². The van der Waals surface area contributed by atoms with Gasteiger partial charge in [-0.3, -0.25) is 4.79 Å². The summed E-state index contributed by atoms with van der Waals surface area (Å²) in [7, 11) is -2.11. The molecule has 2 rings (SSSR count). The summed E-state index contributed by atoms with van der Waals surface area (Å²) in [4.78, 5) is 13.7. The van der Waals surface area contributed by atoms with Crippen molar-refractivity contribution in [2.24, 2.45) is 0 Å². The van der Waals surface area contributed by atoms with Crippen molar-refractivity contribution < 1.29 is 17.9 Å². The minimum atomic E-state index is -3.63. The Bertz CT molecular complexity index is 610. The first-order chi connectivity index (χ1) is 9.83. The van der Waals surface area contributed by atoms with Gasteiger partial charge < -0.3 is 9.64 Å². The highest BCUT2D eigenvalue weighted by Crippen LogP contribution is 2.19. The van der Waals surface area contributed by atoms with Gasteiger partial charge in [-0.15, -0.1) is 0 Å². The predicted molar refractivity (Wildman–Crippen MR) is 78.6 cm³/mol. The van der Waals surface area contributed by atoms with E-state index in [0.717, 1.165) is 0 Å². The summed E-state index contributed by atoms with van der Waals surface area (Å²) in [6.07, 6.45) is 0.202. The number of carbonyl (C=O) groups excluding carboxylic acids is 1. The van der Waals surface area contributed by atoms with E-state index in [0.29, 0.717) is 12.3 Å². The van der Waals surface area contributed by atoms with Crippen molar-refractivity contribution in [3.05, 3.63) is 24.3 Å². The fourth-order valence-electron chi connectivity index (χ4n) is 2.35. The average Bonchev–Trinajstić information content (AvgIpc) is 2.79. The molecule has 1 amide bonds. The van der Waals surface area contributed by atoms with Crippen LogP contribution in [-0.4, -0.2) is 45.0 Å². The molecule has 0 aliphatic carbocycles. The maximum atomic E-state index is 12.3. The molecule has 1 atom stereocenters. The predicted octanol–water partition coefficient (Wildman–Crippen LogP) is 0.983. The fraction of sp³-hybridized carbons (Fsp3) is 0.500. The van der Waals surface area contributed by atoms with Crippen LogP contribution in [0.3, 0.4) is 0 Å². The van der Waals surface area contributed by atoms with Crippen LogP contribution in [0.15, 0.2) is 29.2 Å². The number of methoxy groups -OCH3 is 1. The molecule has 1 aliphatic heterocycles. The summed E-state index contributed by atoms with van der Waals surface area (Å²) in [6, 6.07) is 5.85. The highest BCUT2D eigenvalue weighted by atomic mass is 32.2. The third-order valence-corrected chi connectivity index (χ3v) is 5.01. The summed E-state index contributed by atoms with van der Waals surface area (Å²) in [5.74, 6) is 0.573. The Balaban J connectivity index is 2.09. The Kier molecular flexibility index (Phi) is 4.53. The summed E-state index contributed by atoms with van der Waals surface area (Å²) >= 11 is 0. The average molecular weight is 312 g/mol. The molecule has 7 heteroatoms. The molecule has 0 bridgehead atoms. The molecule has 0 aromatic heterocycles. The number of amides is 1. The van der Waals surface area contributed by atoms with Crippen LogP contribution in [0.5, 0.6) is 5.75 Å². The molecule has 1 heterocycles. The molecule has 21 heavy (non-hydrogen) atoms. The van der Waals surface area contributed by atoms with Gasteiger partial charge in [0.1, 0.15) is 5.75 Å². The van der Waals surface area contributed by atoms with Gasteiger partial charge in [0.25, 0.3) is 0 Å². The number of hydrogen-bond acceptors (Lipinski definition) is 4. The van der Waals surface area contributed by atoms with Crippen molar-refractivity contribution >= 4 is 15.9 Å². The van der Waals surface area contributed by atoms with E-state index in [2.05, 4.69) is 4.72 Å². The zero-order valence-electron chi connectivity index (χ0n) is 12.4. The van der Waals surface area contributed by atoms with Gasteiger partial charge in [-0.1, -0.05) is 0 Å². The number of rotatable bonds is 5. The van der Waals surface area contributed by atoms with Crippen molar-refractivity contribution in [3.8, 4) is 5.75 Å². The van der Waals surface area contributed by atoms with E-state index in [1.165, 1.54) is 19.2 Å². The SMILES string of the molecule is COc1ccc(S(=O)(=O)NC2CC(=O)N(C(C)C)C2)cc1. The van der Waals surface area contributed by atoms with Crippen molar-refractivity contribution in [2.45, 2.75) is 37.2 Å². The van der Waals surface area contributed by atoms with Crippen LogP contribution in [0, 0.1) is 0 Å². The fourth-order valence-corrected chi connectivity index (χ4v) is 3.58. The second-order valence-electron chi connectivity index (χ2n) is 5.34. The molecule has 0 spiro atoms. The van der Waals surface area contributed by atoms with E-state index in [4.69, 9.17) is 4.74 Å². The van der Waals surface area contributed by atoms with Gasteiger partial charge in [-0.25, -0.2) is 13.1 Å². The summed E-state index contributed by atoms with van der Waals surface area (Å²) in [6.45, 7) is 4.24. The Hall–Kier alpha value is -1.60. The van der Waals surface area contributed by atoms with Crippen LogP contribution >= 0.6 is 0 Å². The first-order valence-corrected chi connectivity index (χ1v) is 8.27. The topological polar surface area (TPSA) is 75.7 Å². The van der Waals surface area contributed by atoms with Gasteiger partial charge in [-0.2, -0.15) is 0 Å². The third-order valence-electron chi connectivity index (χ3n) is 3.47. The summed E-state index contributed by atoms with van der Waals surface area (Å²) in [5, 5.41) is 0.